The molecule has 6 nitrogen and oxygen atoms in total. The van der Waals surface area contributed by atoms with Crippen LogP contribution in [0.2, 0.25) is 0 Å². The second-order valence-electron chi connectivity index (χ2n) is 7.77. The lowest BCUT2D eigenvalue weighted by Crippen LogP contribution is -2.39. The predicted molar refractivity (Wildman–Crippen MR) is 118 cm³/mol. The van der Waals surface area contributed by atoms with Gasteiger partial charge in [-0.1, -0.05) is 12.1 Å². The molecule has 6 heteroatoms. The maximum atomic E-state index is 13.0. The van der Waals surface area contributed by atoms with Crippen LogP contribution >= 0.6 is 0 Å². The molecular formula is C24H33N3O3. The lowest BCUT2D eigenvalue weighted by atomic mass is 10.1. The van der Waals surface area contributed by atoms with Crippen molar-refractivity contribution >= 4 is 5.91 Å². The van der Waals surface area contributed by atoms with E-state index in [-0.39, 0.29) is 5.91 Å². The molecule has 0 spiro atoms. The molecule has 0 saturated carbocycles. The van der Waals surface area contributed by atoms with E-state index < -0.39 is 0 Å². The van der Waals surface area contributed by atoms with Crippen molar-refractivity contribution in [2.45, 2.75) is 33.2 Å². The summed E-state index contributed by atoms with van der Waals surface area (Å²) in [6.45, 7) is 10.4. The topological polar surface area (TPSA) is 54.9 Å². The zero-order valence-corrected chi connectivity index (χ0v) is 18.2. The number of nitrogens with zero attached hydrogens (tertiary/aromatic N) is 3. The van der Waals surface area contributed by atoms with Gasteiger partial charge in [-0.15, -0.1) is 0 Å². The van der Waals surface area contributed by atoms with E-state index in [0.717, 1.165) is 62.7 Å². The molecule has 1 amide bonds. The maximum absolute atomic E-state index is 13.0. The van der Waals surface area contributed by atoms with Crippen molar-refractivity contribution in [2.24, 2.45) is 0 Å². The minimum absolute atomic E-state index is 0.124. The zero-order chi connectivity index (χ0) is 21.2. The summed E-state index contributed by atoms with van der Waals surface area (Å²) in [4.78, 5) is 21.4. The van der Waals surface area contributed by atoms with Crippen molar-refractivity contribution in [3.63, 3.8) is 0 Å². The SMILES string of the molecule is Cc1cccc(OCCC(=O)N(CCCN2CCOCC2)Cc2ccncc2)c1C. The van der Waals surface area contributed by atoms with Crippen LogP contribution in [-0.4, -0.2) is 66.7 Å². The standard InChI is InChI=1S/C24H33N3O3/c1-20-5-3-6-23(21(20)2)30-16-9-24(28)27(19-22-7-10-25-11-8-22)13-4-12-26-14-17-29-18-15-26/h3,5-8,10-11H,4,9,12-19H2,1-2H3. The largest absolute Gasteiger partial charge is 0.493 e. The van der Waals surface area contributed by atoms with Gasteiger partial charge in [-0.25, -0.2) is 0 Å². The number of rotatable bonds is 10. The Kier molecular flexibility index (Phi) is 8.66. The summed E-state index contributed by atoms with van der Waals surface area (Å²) in [7, 11) is 0. The number of hydrogen-bond donors (Lipinski definition) is 0. The van der Waals surface area contributed by atoms with E-state index in [2.05, 4.69) is 22.9 Å². The average molecular weight is 412 g/mol. The molecule has 1 aliphatic rings. The Labute approximate surface area is 179 Å². The molecule has 30 heavy (non-hydrogen) atoms. The van der Waals surface area contributed by atoms with Gasteiger partial charge in [-0.3, -0.25) is 14.7 Å². The Morgan fingerprint density at radius 2 is 1.93 bits per heavy atom. The molecular weight excluding hydrogens is 378 g/mol. The van der Waals surface area contributed by atoms with Gasteiger partial charge >= 0.3 is 0 Å². The number of morpholine rings is 1. The minimum Gasteiger partial charge on any atom is -0.493 e. The number of hydrogen-bond acceptors (Lipinski definition) is 5. The predicted octanol–water partition coefficient (Wildman–Crippen LogP) is 3.22. The van der Waals surface area contributed by atoms with Crippen LogP contribution in [0.5, 0.6) is 5.75 Å². The highest BCUT2D eigenvalue weighted by Crippen LogP contribution is 2.20. The number of aryl methyl sites for hydroxylation is 1. The monoisotopic (exact) mass is 411 g/mol. The third-order valence-electron chi connectivity index (χ3n) is 5.61. The van der Waals surface area contributed by atoms with Gasteiger partial charge in [0.25, 0.3) is 0 Å². The zero-order valence-electron chi connectivity index (χ0n) is 18.2. The maximum Gasteiger partial charge on any atom is 0.226 e. The van der Waals surface area contributed by atoms with Crippen molar-refractivity contribution in [2.75, 3.05) is 46.0 Å². The summed E-state index contributed by atoms with van der Waals surface area (Å²) in [6, 6.07) is 9.95. The van der Waals surface area contributed by atoms with E-state index >= 15 is 0 Å². The second-order valence-corrected chi connectivity index (χ2v) is 7.77. The van der Waals surface area contributed by atoms with Crippen LogP contribution in [0.3, 0.4) is 0 Å². The highest BCUT2D eigenvalue weighted by Gasteiger charge is 2.16. The fourth-order valence-corrected chi connectivity index (χ4v) is 3.60. The van der Waals surface area contributed by atoms with Crippen LogP contribution in [0.4, 0.5) is 0 Å². The molecule has 2 aromatic rings. The van der Waals surface area contributed by atoms with Crippen molar-refractivity contribution in [3.8, 4) is 5.75 Å². The van der Waals surface area contributed by atoms with Crippen LogP contribution in [0.1, 0.15) is 29.5 Å². The number of carbonyl (C=O) groups is 1. The van der Waals surface area contributed by atoms with E-state index in [9.17, 15) is 4.79 Å². The Morgan fingerprint density at radius 3 is 2.70 bits per heavy atom. The van der Waals surface area contributed by atoms with E-state index in [1.165, 1.54) is 5.56 Å². The smallest absolute Gasteiger partial charge is 0.226 e. The lowest BCUT2D eigenvalue weighted by molar-refractivity contribution is -0.132. The van der Waals surface area contributed by atoms with Crippen LogP contribution in [0.15, 0.2) is 42.7 Å². The number of carbonyl (C=O) groups excluding carboxylic acids is 1. The molecule has 0 atom stereocenters. The minimum atomic E-state index is 0.124. The summed E-state index contributed by atoms with van der Waals surface area (Å²) >= 11 is 0. The molecule has 1 fully saturated rings. The summed E-state index contributed by atoms with van der Waals surface area (Å²) in [6.07, 6.45) is 4.87. The highest BCUT2D eigenvalue weighted by atomic mass is 16.5. The Morgan fingerprint density at radius 1 is 1.17 bits per heavy atom. The van der Waals surface area contributed by atoms with Gasteiger partial charge in [-0.05, 0) is 55.2 Å². The lowest BCUT2D eigenvalue weighted by Gasteiger charge is -2.28. The van der Waals surface area contributed by atoms with Crippen LogP contribution in [-0.2, 0) is 16.1 Å². The van der Waals surface area contributed by atoms with Crippen molar-refractivity contribution in [1.29, 1.82) is 0 Å². The summed E-state index contributed by atoms with van der Waals surface area (Å²) in [5, 5.41) is 0. The first-order valence-electron chi connectivity index (χ1n) is 10.8. The molecule has 0 aliphatic carbocycles. The molecule has 0 N–H and O–H groups in total. The summed E-state index contributed by atoms with van der Waals surface area (Å²) in [5.41, 5.74) is 3.42. The van der Waals surface area contributed by atoms with Gasteiger partial charge in [0.15, 0.2) is 0 Å². The molecule has 1 aromatic heterocycles. The van der Waals surface area contributed by atoms with Gasteiger partial charge in [-0.2, -0.15) is 0 Å². The van der Waals surface area contributed by atoms with Crippen molar-refractivity contribution in [1.82, 2.24) is 14.8 Å². The van der Waals surface area contributed by atoms with E-state index in [1.54, 1.807) is 12.4 Å². The number of benzene rings is 1. The van der Waals surface area contributed by atoms with Crippen LogP contribution in [0, 0.1) is 13.8 Å². The molecule has 1 saturated heterocycles. The van der Waals surface area contributed by atoms with Gasteiger partial charge in [0.2, 0.25) is 5.91 Å². The molecule has 3 rings (SSSR count). The van der Waals surface area contributed by atoms with Gasteiger partial charge in [0, 0.05) is 45.1 Å². The van der Waals surface area contributed by atoms with E-state index in [1.807, 2.05) is 36.1 Å². The van der Waals surface area contributed by atoms with Crippen molar-refractivity contribution in [3.05, 3.63) is 59.4 Å². The first-order chi connectivity index (χ1) is 14.6. The molecule has 0 bridgehead atoms. The number of ether oxygens (including phenoxy) is 2. The van der Waals surface area contributed by atoms with E-state index in [4.69, 9.17) is 9.47 Å². The first-order valence-corrected chi connectivity index (χ1v) is 10.8. The second kappa shape index (κ2) is 11.7. The van der Waals surface area contributed by atoms with E-state index in [0.29, 0.717) is 19.6 Å². The number of amides is 1. The fourth-order valence-electron chi connectivity index (χ4n) is 3.60. The Balaban J connectivity index is 1.52. The molecule has 1 aliphatic heterocycles. The van der Waals surface area contributed by atoms with Gasteiger partial charge in [0.1, 0.15) is 5.75 Å². The molecule has 2 heterocycles. The van der Waals surface area contributed by atoms with Crippen LogP contribution < -0.4 is 4.74 Å². The van der Waals surface area contributed by atoms with Gasteiger partial charge in [0.05, 0.1) is 26.2 Å². The third kappa shape index (κ3) is 6.82. The number of aromatic nitrogens is 1. The average Bonchev–Trinajstić information content (AvgIpc) is 2.77. The molecule has 162 valence electrons. The first kappa shape index (κ1) is 22.2. The summed E-state index contributed by atoms with van der Waals surface area (Å²) in [5.74, 6) is 0.981. The molecule has 0 radical (unpaired) electrons. The third-order valence-corrected chi connectivity index (χ3v) is 5.61. The Hall–Kier alpha value is -2.44. The summed E-state index contributed by atoms with van der Waals surface area (Å²) < 4.78 is 11.3. The van der Waals surface area contributed by atoms with Crippen molar-refractivity contribution < 1.29 is 14.3 Å². The van der Waals surface area contributed by atoms with Gasteiger partial charge < -0.3 is 14.4 Å². The molecule has 1 aromatic carbocycles. The normalized spacial score (nSPS) is 14.5. The van der Waals surface area contributed by atoms with Crippen LogP contribution in [0.25, 0.3) is 0 Å². The number of pyridine rings is 1. The Bertz CT molecular complexity index is 792. The quantitative estimate of drug-likeness (QED) is 0.601. The highest BCUT2D eigenvalue weighted by molar-refractivity contribution is 5.76. The fraction of sp³-hybridized carbons (Fsp3) is 0.500. The molecule has 0 unspecified atom stereocenters.